The van der Waals surface area contributed by atoms with Gasteiger partial charge in [-0.1, -0.05) is 54.1 Å². The van der Waals surface area contributed by atoms with Crippen LogP contribution in [0.15, 0.2) is 48.5 Å². The highest BCUT2D eigenvalue weighted by molar-refractivity contribution is 5.63. The van der Waals surface area contributed by atoms with Crippen molar-refractivity contribution in [2.24, 2.45) is 0 Å². The molecule has 0 aliphatic heterocycles. The maximum absolute atomic E-state index is 3.87. The van der Waals surface area contributed by atoms with Gasteiger partial charge in [0.15, 0.2) is 0 Å². The molecule has 2 aromatic carbocycles. The number of rotatable bonds is 1. The Morgan fingerprint density at radius 3 is 1.64 bits per heavy atom. The van der Waals surface area contributed by atoms with Gasteiger partial charge in [0.1, 0.15) is 0 Å². The Labute approximate surface area is 85.2 Å². The lowest BCUT2D eigenvalue weighted by Crippen LogP contribution is -1.78. The maximum Gasteiger partial charge on any atom is -0.0184 e. The average Bonchev–Trinajstić information content (AvgIpc) is 2.21. The summed E-state index contributed by atoms with van der Waals surface area (Å²) in [5, 5.41) is 0. The van der Waals surface area contributed by atoms with Crippen LogP contribution in [0.3, 0.4) is 0 Å². The van der Waals surface area contributed by atoms with Gasteiger partial charge in [-0.05, 0) is 30.5 Å². The molecule has 0 amide bonds. The van der Waals surface area contributed by atoms with Crippen molar-refractivity contribution in [3.05, 3.63) is 66.6 Å². The molecule has 0 unspecified atom stereocenters. The summed E-state index contributed by atoms with van der Waals surface area (Å²) in [5.74, 6) is 0. The lowest BCUT2D eigenvalue weighted by molar-refractivity contribution is 1.47. The molecule has 2 aromatic rings. The molecule has 0 heteroatoms. The Morgan fingerprint density at radius 1 is 0.714 bits per heavy atom. The van der Waals surface area contributed by atoms with E-state index in [9.17, 15) is 0 Å². The number of hydrogen-bond acceptors (Lipinski definition) is 0. The molecule has 14 heavy (non-hydrogen) atoms. The second kappa shape index (κ2) is 3.67. The zero-order valence-electron chi connectivity index (χ0n) is 8.33. The van der Waals surface area contributed by atoms with Crippen LogP contribution in [0.1, 0.15) is 11.1 Å². The molecule has 0 saturated heterocycles. The molecule has 0 spiro atoms. The van der Waals surface area contributed by atoms with Gasteiger partial charge < -0.3 is 0 Å². The van der Waals surface area contributed by atoms with Gasteiger partial charge in [0.2, 0.25) is 0 Å². The van der Waals surface area contributed by atoms with Crippen molar-refractivity contribution >= 4 is 0 Å². The van der Waals surface area contributed by atoms with Gasteiger partial charge in [0, 0.05) is 0 Å². The van der Waals surface area contributed by atoms with E-state index in [0.29, 0.717) is 0 Å². The van der Waals surface area contributed by atoms with Gasteiger partial charge >= 0.3 is 0 Å². The summed E-state index contributed by atoms with van der Waals surface area (Å²) < 4.78 is 0. The van der Waals surface area contributed by atoms with Crippen molar-refractivity contribution < 1.29 is 0 Å². The third-order valence-electron chi connectivity index (χ3n) is 2.34. The first-order valence-electron chi connectivity index (χ1n) is 4.75. The number of hydrogen-bond donors (Lipinski definition) is 0. The summed E-state index contributed by atoms with van der Waals surface area (Å²) in [6, 6.07) is 16.8. The molecule has 0 aromatic heterocycles. The molecule has 69 valence electrons. The quantitative estimate of drug-likeness (QED) is 0.627. The van der Waals surface area contributed by atoms with Crippen LogP contribution < -0.4 is 0 Å². The van der Waals surface area contributed by atoms with Crippen molar-refractivity contribution in [1.29, 1.82) is 0 Å². The van der Waals surface area contributed by atoms with E-state index < -0.39 is 0 Å². The van der Waals surface area contributed by atoms with Crippen molar-refractivity contribution in [2.45, 2.75) is 6.92 Å². The summed E-state index contributed by atoms with van der Waals surface area (Å²) in [6.07, 6.45) is 0. The second-order valence-electron chi connectivity index (χ2n) is 3.56. The van der Waals surface area contributed by atoms with Crippen LogP contribution in [-0.4, -0.2) is 0 Å². The molecule has 0 atom stereocenters. The summed E-state index contributed by atoms with van der Waals surface area (Å²) in [5.41, 5.74) is 4.86. The standard InChI is InChI=1S/C14H13/c1-11-3-7-13(8-4-11)14-9-5-12(2)6-10-14/h3-10H,1H2,2H3. The van der Waals surface area contributed by atoms with E-state index in [1.165, 1.54) is 16.7 Å². The minimum atomic E-state index is 1.06. The van der Waals surface area contributed by atoms with E-state index in [2.05, 4.69) is 50.2 Å². The summed E-state index contributed by atoms with van der Waals surface area (Å²) >= 11 is 0. The molecule has 1 radical (unpaired) electrons. The molecule has 0 bridgehead atoms. The lowest BCUT2D eigenvalue weighted by Gasteiger charge is -2.02. The Morgan fingerprint density at radius 2 is 1.14 bits per heavy atom. The topological polar surface area (TPSA) is 0 Å². The molecule has 0 nitrogen and oxygen atoms in total. The number of aryl methyl sites for hydroxylation is 1. The van der Waals surface area contributed by atoms with Crippen molar-refractivity contribution in [3.63, 3.8) is 0 Å². The van der Waals surface area contributed by atoms with E-state index in [1.807, 2.05) is 12.1 Å². The zero-order chi connectivity index (χ0) is 9.97. The first-order valence-corrected chi connectivity index (χ1v) is 4.75. The molecular formula is C14H13. The largest absolute Gasteiger partial charge is 0.0587 e. The van der Waals surface area contributed by atoms with Crippen LogP contribution in [0, 0.1) is 13.8 Å². The second-order valence-corrected chi connectivity index (χ2v) is 3.56. The van der Waals surface area contributed by atoms with Gasteiger partial charge in [-0.25, -0.2) is 0 Å². The van der Waals surface area contributed by atoms with Gasteiger partial charge in [-0.2, -0.15) is 0 Å². The molecule has 0 saturated carbocycles. The van der Waals surface area contributed by atoms with Crippen molar-refractivity contribution in [1.82, 2.24) is 0 Å². The Kier molecular flexibility index (Phi) is 2.36. The van der Waals surface area contributed by atoms with Crippen LogP contribution in [0.2, 0.25) is 0 Å². The van der Waals surface area contributed by atoms with Crippen LogP contribution in [0.4, 0.5) is 0 Å². The van der Waals surface area contributed by atoms with Crippen LogP contribution in [-0.2, 0) is 0 Å². The molecule has 0 N–H and O–H groups in total. The summed E-state index contributed by atoms with van der Waals surface area (Å²) in [7, 11) is 0. The van der Waals surface area contributed by atoms with E-state index in [4.69, 9.17) is 0 Å². The Bertz CT molecular complexity index is 363. The molecule has 0 fully saturated rings. The van der Waals surface area contributed by atoms with Crippen LogP contribution in [0.25, 0.3) is 11.1 Å². The minimum Gasteiger partial charge on any atom is -0.0587 e. The SMILES string of the molecule is [CH2]c1ccc(-c2ccc(C)cc2)cc1. The minimum absolute atomic E-state index is 1.06. The third-order valence-corrected chi connectivity index (χ3v) is 2.34. The third kappa shape index (κ3) is 1.85. The molecular weight excluding hydrogens is 168 g/mol. The van der Waals surface area contributed by atoms with Gasteiger partial charge in [-0.3, -0.25) is 0 Å². The predicted molar refractivity (Wildman–Crippen MR) is 61.1 cm³/mol. The highest BCUT2D eigenvalue weighted by atomic mass is 14.0. The maximum atomic E-state index is 3.87. The van der Waals surface area contributed by atoms with Gasteiger partial charge in [0.25, 0.3) is 0 Å². The van der Waals surface area contributed by atoms with Crippen LogP contribution in [0.5, 0.6) is 0 Å². The Hall–Kier alpha value is -1.56. The molecule has 0 aliphatic rings. The highest BCUT2D eigenvalue weighted by Crippen LogP contribution is 2.19. The summed E-state index contributed by atoms with van der Waals surface area (Å²) in [4.78, 5) is 0. The first-order chi connectivity index (χ1) is 6.75. The van der Waals surface area contributed by atoms with E-state index in [0.717, 1.165) is 5.56 Å². The van der Waals surface area contributed by atoms with E-state index >= 15 is 0 Å². The lowest BCUT2D eigenvalue weighted by atomic mass is 10.0. The fraction of sp³-hybridized carbons (Fsp3) is 0.0714. The smallest absolute Gasteiger partial charge is 0.0184 e. The zero-order valence-corrected chi connectivity index (χ0v) is 8.33. The molecule has 0 heterocycles. The van der Waals surface area contributed by atoms with Crippen molar-refractivity contribution in [3.8, 4) is 11.1 Å². The fourth-order valence-electron chi connectivity index (χ4n) is 1.44. The van der Waals surface area contributed by atoms with Crippen molar-refractivity contribution in [2.75, 3.05) is 0 Å². The first kappa shape index (κ1) is 9.01. The average molecular weight is 181 g/mol. The summed E-state index contributed by atoms with van der Waals surface area (Å²) in [6.45, 7) is 5.97. The number of benzene rings is 2. The monoisotopic (exact) mass is 181 g/mol. The van der Waals surface area contributed by atoms with Gasteiger partial charge in [-0.15, -0.1) is 0 Å². The van der Waals surface area contributed by atoms with Crippen LogP contribution >= 0.6 is 0 Å². The Balaban J connectivity index is 2.40. The fourth-order valence-corrected chi connectivity index (χ4v) is 1.44. The molecule has 0 aliphatic carbocycles. The van der Waals surface area contributed by atoms with E-state index in [1.54, 1.807) is 0 Å². The normalized spacial score (nSPS) is 10.1. The highest BCUT2D eigenvalue weighted by Gasteiger charge is 1.95. The molecule has 2 rings (SSSR count). The van der Waals surface area contributed by atoms with E-state index in [-0.39, 0.29) is 0 Å². The predicted octanol–water partition coefficient (Wildman–Crippen LogP) is 3.84. The van der Waals surface area contributed by atoms with Gasteiger partial charge in [0.05, 0.1) is 0 Å².